The highest BCUT2D eigenvalue weighted by Gasteiger charge is 2.30. The van der Waals surface area contributed by atoms with Gasteiger partial charge in [-0.3, -0.25) is 23.9 Å². The summed E-state index contributed by atoms with van der Waals surface area (Å²) in [7, 11) is 0. The van der Waals surface area contributed by atoms with Crippen molar-refractivity contribution in [3.63, 3.8) is 0 Å². The Morgan fingerprint density at radius 3 is 2.05 bits per heavy atom. The highest BCUT2D eigenvalue weighted by molar-refractivity contribution is 5.92. The molecule has 2 N–H and O–H groups in total. The topological polar surface area (TPSA) is 133 Å². The predicted octanol–water partition coefficient (Wildman–Crippen LogP) is 2.76. The third-order valence-electron chi connectivity index (χ3n) is 5.48. The molecule has 0 fully saturated rings. The van der Waals surface area contributed by atoms with Crippen LogP contribution in [0.1, 0.15) is 50.6 Å². The fourth-order valence-corrected chi connectivity index (χ4v) is 3.50. The van der Waals surface area contributed by atoms with Crippen LogP contribution in [0.5, 0.6) is 0 Å². The van der Waals surface area contributed by atoms with Crippen molar-refractivity contribution in [2.75, 3.05) is 0 Å². The van der Waals surface area contributed by atoms with E-state index < -0.39 is 23.6 Å². The number of unbranched alkanes of at least 4 members (excludes halogenated alkanes) is 1. The van der Waals surface area contributed by atoms with Crippen LogP contribution in [0.3, 0.4) is 0 Å². The van der Waals surface area contributed by atoms with E-state index in [-0.39, 0.29) is 36.0 Å². The molecular formula is C24H23F4N9O2. The zero-order chi connectivity index (χ0) is 27.8. The van der Waals surface area contributed by atoms with E-state index in [1.807, 2.05) is 0 Å². The number of aromatic nitrogens is 7. The molecule has 11 nitrogen and oxygen atoms in total. The summed E-state index contributed by atoms with van der Waals surface area (Å²) >= 11 is 0. The van der Waals surface area contributed by atoms with Gasteiger partial charge in [-0.05, 0) is 42.7 Å². The van der Waals surface area contributed by atoms with Crippen LogP contribution in [0.4, 0.5) is 17.6 Å². The molecule has 0 unspecified atom stereocenters. The monoisotopic (exact) mass is 545 g/mol. The van der Waals surface area contributed by atoms with E-state index in [2.05, 4.69) is 36.2 Å². The van der Waals surface area contributed by atoms with Crippen molar-refractivity contribution in [1.29, 1.82) is 0 Å². The number of carbonyl (C=O) groups is 2. The van der Waals surface area contributed by atoms with Crippen LogP contribution >= 0.6 is 0 Å². The first-order valence-electron chi connectivity index (χ1n) is 11.8. The summed E-state index contributed by atoms with van der Waals surface area (Å²) in [6, 6.07) is 7.63. The first kappa shape index (κ1) is 27.3. The lowest BCUT2D eigenvalue weighted by Gasteiger charge is -2.08. The number of nitrogens with one attached hydrogen (secondary N) is 2. The van der Waals surface area contributed by atoms with Crippen LogP contribution in [0.25, 0.3) is 0 Å². The maximum atomic E-state index is 13.2. The Labute approximate surface area is 219 Å². The predicted molar refractivity (Wildman–Crippen MR) is 127 cm³/mol. The fourth-order valence-electron chi connectivity index (χ4n) is 3.50. The Kier molecular flexibility index (Phi) is 8.58. The molecule has 3 aromatic heterocycles. The number of nitrogens with zero attached hydrogens (tertiary/aromatic N) is 7. The third-order valence-corrected chi connectivity index (χ3v) is 5.48. The van der Waals surface area contributed by atoms with Crippen LogP contribution in [-0.4, -0.2) is 46.8 Å². The molecule has 4 aromatic rings. The van der Waals surface area contributed by atoms with Gasteiger partial charge in [0.2, 0.25) is 0 Å². The number of carbonyl (C=O) groups excluding carboxylic acids is 2. The first-order chi connectivity index (χ1) is 18.7. The smallest absolute Gasteiger partial charge is 0.347 e. The molecule has 0 saturated carbocycles. The molecule has 0 spiro atoms. The van der Waals surface area contributed by atoms with E-state index in [9.17, 15) is 27.2 Å². The van der Waals surface area contributed by atoms with Gasteiger partial charge in [-0.2, -0.15) is 13.2 Å². The summed E-state index contributed by atoms with van der Waals surface area (Å²) in [6.07, 6.45) is 0.796. The number of pyridine rings is 1. The molecule has 3 heterocycles. The Hall–Kier alpha value is -4.69. The maximum absolute atomic E-state index is 13.2. The molecule has 0 bridgehead atoms. The summed E-state index contributed by atoms with van der Waals surface area (Å²) < 4.78 is 54.7. The number of rotatable bonds is 11. The Morgan fingerprint density at radius 2 is 1.46 bits per heavy atom. The zero-order valence-corrected chi connectivity index (χ0v) is 20.4. The molecule has 204 valence electrons. The summed E-state index contributed by atoms with van der Waals surface area (Å²) in [6.45, 7) is 0.892. The lowest BCUT2D eigenvalue weighted by atomic mass is 10.2. The molecule has 0 aliphatic rings. The Morgan fingerprint density at radius 1 is 0.846 bits per heavy atom. The second-order valence-corrected chi connectivity index (χ2v) is 8.47. The summed E-state index contributed by atoms with van der Waals surface area (Å²) in [4.78, 5) is 28.4. The molecule has 0 atom stereocenters. The van der Waals surface area contributed by atoms with Gasteiger partial charge in [0.05, 0.1) is 30.2 Å². The van der Waals surface area contributed by atoms with E-state index in [4.69, 9.17) is 0 Å². The van der Waals surface area contributed by atoms with E-state index in [0.29, 0.717) is 31.5 Å². The van der Waals surface area contributed by atoms with Crippen molar-refractivity contribution in [2.24, 2.45) is 0 Å². The molecule has 2 amide bonds. The van der Waals surface area contributed by atoms with E-state index in [1.54, 1.807) is 12.1 Å². The van der Waals surface area contributed by atoms with Gasteiger partial charge in [0.15, 0.2) is 11.4 Å². The molecular weight excluding hydrogens is 522 g/mol. The third kappa shape index (κ3) is 7.90. The van der Waals surface area contributed by atoms with E-state index in [0.717, 1.165) is 18.3 Å². The van der Waals surface area contributed by atoms with Gasteiger partial charge in [-0.25, -0.2) is 4.39 Å². The largest absolute Gasteiger partial charge is 0.416 e. The Bertz CT molecular complexity index is 1430. The summed E-state index contributed by atoms with van der Waals surface area (Å²) in [5.41, 5.74) is -0.00659. The molecule has 0 radical (unpaired) electrons. The summed E-state index contributed by atoms with van der Waals surface area (Å²) in [5.74, 6) is -1.40. The fraction of sp³-hybridized carbons (Fsp3) is 0.292. The number of hydrogen-bond acceptors (Lipinski definition) is 7. The standard InChI is InChI=1S/C24H23F4N9O2/c25-18-5-3-4-16(10-18)12-30-22(38)20-14-36(34-32-20)8-1-2-9-37-15-21(33-35-37)23(39)31-13-19-11-17(6-7-29-19)24(26,27)28/h3-7,10-11,14-15H,1-2,8-9,12-13H2,(H,30,38)(H,31,39). The van der Waals surface area contributed by atoms with Crippen molar-refractivity contribution >= 4 is 11.8 Å². The number of aryl methyl sites for hydroxylation is 2. The van der Waals surface area contributed by atoms with Crippen LogP contribution in [0.2, 0.25) is 0 Å². The number of benzene rings is 1. The van der Waals surface area contributed by atoms with Crippen LogP contribution in [0, 0.1) is 5.82 Å². The highest BCUT2D eigenvalue weighted by Crippen LogP contribution is 2.28. The average molecular weight is 546 g/mol. The van der Waals surface area contributed by atoms with Crippen LogP contribution < -0.4 is 10.6 Å². The normalized spacial score (nSPS) is 11.4. The van der Waals surface area contributed by atoms with Crippen molar-refractivity contribution in [3.05, 3.63) is 89.0 Å². The first-order valence-corrected chi connectivity index (χ1v) is 11.8. The van der Waals surface area contributed by atoms with Crippen molar-refractivity contribution in [3.8, 4) is 0 Å². The lowest BCUT2D eigenvalue weighted by Crippen LogP contribution is -2.24. The van der Waals surface area contributed by atoms with Gasteiger partial charge in [-0.1, -0.05) is 22.6 Å². The molecule has 0 aliphatic heterocycles. The van der Waals surface area contributed by atoms with E-state index >= 15 is 0 Å². The Balaban J connectivity index is 1.17. The summed E-state index contributed by atoms with van der Waals surface area (Å²) in [5, 5.41) is 20.6. The molecule has 15 heteroatoms. The number of halogens is 4. The number of amides is 2. The zero-order valence-electron chi connectivity index (χ0n) is 20.4. The lowest BCUT2D eigenvalue weighted by molar-refractivity contribution is -0.137. The minimum absolute atomic E-state index is 0.0205. The molecule has 0 saturated heterocycles. The van der Waals surface area contributed by atoms with Crippen molar-refractivity contribution in [1.82, 2.24) is 45.6 Å². The maximum Gasteiger partial charge on any atom is 0.416 e. The second-order valence-electron chi connectivity index (χ2n) is 8.47. The quantitative estimate of drug-likeness (QED) is 0.219. The second kappa shape index (κ2) is 12.2. The van der Waals surface area contributed by atoms with Crippen molar-refractivity contribution in [2.45, 2.75) is 45.2 Å². The number of alkyl halides is 3. The van der Waals surface area contributed by atoms with Gasteiger partial charge in [0.25, 0.3) is 11.8 Å². The van der Waals surface area contributed by atoms with Gasteiger partial charge in [0, 0.05) is 25.8 Å². The molecule has 4 rings (SSSR count). The SMILES string of the molecule is O=C(NCc1cccc(F)c1)c1cn(CCCCn2cc(C(=O)NCc3cc(C(F)(F)F)ccn3)nn2)nn1. The average Bonchev–Trinajstić information content (AvgIpc) is 3.58. The minimum atomic E-state index is -4.50. The minimum Gasteiger partial charge on any atom is -0.347 e. The van der Waals surface area contributed by atoms with Gasteiger partial charge in [-0.15, -0.1) is 10.2 Å². The van der Waals surface area contributed by atoms with Gasteiger partial charge >= 0.3 is 6.18 Å². The van der Waals surface area contributed by atoms with Crippen LogP contribution in [-0.2, 0) is 32.4 Å². The van der Waals surface area contributed by atoms with Crippen molar-refractivity contribution < 1.29 is 27.2 Å². The van der Waals surface area contributed by atoms with Gasteiger partial charge in [0.1, 0.15) is 5.82 Å². The van der Waals surface area contributed by atoms with E-state index in [1.165, 1.54) is 33.9 Å². The van der Waals surface area contributed by atoms with Crippen LogP contribution in [0.15, 0.2) is 55.0 Å². The van der Waals surface area contributed by atoms with Gasteiger partial charge < -0.3 is 10.6 Å². The molecule has 1 aromatic carbocycles. The molecule has 39 heavy (non-hydrogen) atoms. The number of hydrogen-bond donors (Lipinski definition) is 2. The highest BCUT2D eigenvalue weighted by atomic mass is 19.4. The molecule has 0 aliphatic carbocycles.